The van der Waals surface area contributed by atoms with Crippen molar-refractivity contribution in [3.05, 3.63) is 35.6 Å². The zero-order valence-corrected chi connectivity index (χ0v) is 8.94. The Morgan fingerprint density at radius 2 is 1.73 bits per heavy atom. The number of nitrogens with two attached hydrogens (primary N) is 1. The van der Waals surface area contributed by atoms with Crippen LogP contribution >= 0.6 is 0 Å². The van der Waals surface area contributed by atoms with E-state index >= 15 is 0 Å². The summed E-state index contributed by atoms with van der Waals surface area (Å²) in [6.45, 7) is 0. The molecule has 1 atom stereocenters. The molecule has 15 heavy (non-hydrogen) atoms. The molecular formula is C11H16FNO2. The maximum absolute atomic E-state index is 12.6. The van der Waals surface area contributed by atoms with Gasteiger partial charge in [0.1, 0.15) is 5.82 Å². The standard InChI is InChI=1S/C11H16FNO2/c1-14-11(15-2)10(13)7-8-3-5-9(12)6-4-8/h3-6,10-11H,7,13H2,1-2H3. The molecule has 0 bridgehead atoms. The van der Waals surface area contributed by atoms with Crippen molar-refractivity contribution in [3.63, 3.8) is 0 Å². The van der Waals surface area contributed by atoms with Crippen LogP contribution in [0.2, 0.25) is 0 Å². The van der Waals surface area contributed by atoms with Crippen molar-refractivity contribution in [2.75, 3.05) is 14.2 Å². The highest BCUT2D eigenvalue weighted by Gasteiger charge is 2.16. The topological polar surface area (TPSA) is 44.5 Å². The molecular weight excluding hydrogens is 197 g/mol. The van der Waals surface area contributed by atoms with Crippen molar-refractivity contribution < 1.29 is 13.9 Å². The van der Waals surface area contributed by atoms with Gasteiger partial charge in [-0.1, -0.05) is 12.1 Å². The Hall–Kier alpha value is -0.970. The molecule has 0 aromatic heterocycles. The highest BCUT2D eigenvalue weighted by atomic mass is 19.1. The Morgan fingerprint density at radius 1 is 1.20 bits per heavy atom. The first-order valence-corrected chi connectivity index (χ1v) is 4.73. The molecule has 0 spiro atoms. The second kappa shape index (κ2) is 5.80. The number of halogens is 1. The van der Waals surface area contributed by atoms with Crippen LogP contribution in [0.4, 0.5) is 4.39 Å². The van der Waals surface area contributed by atoms with E-state index in [0.717, 1.165) is 5.56 Å². The molecule has 0 aliphatic rings. The minimum Gasteiger partial charge on any atom is -0.354 e. The summed E-state index contributed by atoms with van der Waals surface area (Å²) in [5.41, 5.74) is 6.83. The normalized spacial score (nSPS) is 13.1. The fourth-order valence-electron chi connectivity index (χ4n) is 1.43. The van der Waals surface area contributed by atoms with Gasteiger partial charge in [0.2, 0.25) is 0 Å². The highest BCUT2D eigenvalue weighted by Crippen LogP contribution is 2.08. The first-order valence-electron chi connectivity index (χ1n) is 4.73. The first kappa shape index (κ1) is 12.1. The molecule has 0 saturated carbocycles. The van der Waals surface area contributed by atoms with E-state index in [-0.39, 0.29) is 11.9 Å². The van der Waals surface area contributed by atoms with E-state index in [4.69, 9.17) is 15.2 Å². The molecule has 84 valence electrons. The van der Waals surface area contributed by atoms with Crippen LogP contribution in [0.3, 0.4) is 0 Å². The summed E-state index contributed by atoms with van der Waals surface area (Å²) in [5, 5.41) is 0. The van der Waals surface area contributed by atoms with E-state index in [2.05, 4.69) is 0 Å². The maximum atomic E-state index is 12.6. The third-order valence-corrected chi connectivity index (χ3v) is 2.20. The molecule has 0 fully saturated rings. The van der Waals surface area contributed by atoms with Gasteiger partial charge in [-0.15, -0.1) is 0 Å². The number of hydrogen-bond donors (Lipinski definition) is 1. The van der Waals surface area contributed by atoms with Crippen molar-refractivity contribution in [1.82, 2.24) is 0 Å². The van der Waals surface area contributed by atoms with E-state index in [9.17, 15) is 4.39 Å². The van der Waals surface area contributed by atoms with E-state index < -0.39 is 6.29 Å². The third kappa shape index (κ3) is 3.58. The summed E-state index contributed by atoms with van der Waals surface area (Å²) < 4.78 is 22.7. The van der Waals surface area contributed by atoms with Crippen LogP contribution in [0, 0.1) is 5.82 Å². The van der Waals surface area contributed by atoms with Gasteiger partial charge in [0, 0.05) is 14.2 Å². The van der Waals surface area contributed by atoms with Crippen molar-refractivity contribution in [2.45, 2.75) is 18.8 Å². The second-order valence-electron chi connectivity index (χ2n) is 3.33. The molecule has 1 unspecified atom stereocenters. The fourth-order valence-corrected chi connectivity index (χ4v) is 1.43. The first-order chi connectivity index (χ1) is 7.17. The van der Waals surface area contributed by atoms with Gasteiger partial charge in [-0.05, 0) is 24.1 Å². The molecule has 1 aromatic carbocycles. The van der Waals surface area contributed by atoms with Gasteiger partial charge in [-0.25, -0.2) is 4.39 Å². The molecule has 0 radical (unpaired) electrons. The summed E-state index contributed by atoms with van der Waals surface area (Å²) >= 11 is 0. The summed E-state index contributed by atoms with van der Waals surface area (Å²) in [6.07, 6.45) is 0.155. The zero-order chi connectivity index (χ0) is 11.3. The van der Waals surface area contributed by atoms with Crippen LogP contribution in [-0.2, 0) is 15.9 Å². The number of benzene rings is 1. The van der Waals surface area contributed by atoms with Crippen LogP contribution in [0.25, 0.3) is 0 Å². The molecule has 0 heterocycles. The molecule has 4 heteroatoms. The van der Waals surface area contributed by atoms with E-state index in [1.165, 1.54) is 12.1 Å². The van der Waals surface area contributed by atoms with Gasteiger partial charge in [-0.2, -0.15) is 0 Å². The van der Waals surface area contributed by atoms with Crippen LogP contribution in [0.1, 0.15) is 5.56 Å². The van der Waals surface area contributed by atoms with Crippen molar-refractivity contribution in [1.29, 1.82) is 0 Å². The smallest absolute Gasteiger partial charge is 0.172 e. The second-order valence-corrected chi connectivity index (χ2v) is 3.33. The molecule has 0 aliphatic heterocycles. The van der Waals surface area contributed by atoms with E-state index in [0.29, 0.717) is 6.42 Å². The maximum Gasteiger partial charge on any atom is 0.172 e. The van der Waals surface area contributed by atoms with Crippen LogP contribution in [-0.4, -0.2) is 26.6 Å². The van der Waals surface area contributed by atoms with Crippen LogP contribution in [0.15, 0.2) is 24.3 Å². The summed E-state index contributed by atoms with van der Waals surface area (Å²) in [6, 6.07) is 5.98. The average molecular weight is 213 g/mol. The Morgan fingerprint density at radius 3 is 2.20 bits per heavy atom. The van der Waals surface area contributed by atoms with E-state index in [1.54, 1.807) is 26.4 Å². The lowest BCUT2D eigenvalue weighted by molar-refractivity contribution is -0.115. The molecule has 2 N–H and O–H groups in total. The molecule has 1 aromatic rings. The van der Waals surface area contributed by atoms with Crippen LogP contribution in [0.5, 0.6) is 0 Å². The van der Waals surface area contributed by atoms with Gasteiger partial charge in [-0.3, -0.25) is 0 Å². The Balaban J connectivity index is 2.57. The zero-order valence-electron chi connectivity index (χ0n) is 8.94. The number of hydrogen-bond acceptors (Lipinski definition) is 3. The largest absolute Gasteiger partial charge is 0.354 e. The van der Waals surface area contributed by atoms with Gasteiger partial charge in [0.15, 0.2) is 6.29 Å². The fraction of sp³-hybridized carbons (Fsp3) is 0.455. The number of rotatable bonds is 5. The van der Waals surface area contributed by atoms with Crippen molar-refractivity contribution in [2.24, 2.45) is 5.73 Å². The van der Waals surface area contributed by atoms with Gasteiger partial charge < -0.3 is 15.2 Å². The lowest BCUT2D eigenvalue weighted by atomic mass is 10.1. The third-order valence-electron chi connectivity index (χ3n) is 2.20. The number of methoxy groups -OCH3 is 2. The monoisotopic (exact) mass is 213 g/mol. The molecule has 0 saturated heterocycles. The Labute approximate surface area is 89.0 Å². The minimum absolute atomic E-state index is 0.248. The predicted molar refractivity (Wildman–Crippen MR) is 55.9 cm³/mol. The summed E-state index contributed by atoms with van der Waals surface area (Å²) in [4.78, 5) is 0. The van der Waals surface area contributed by atoms with E-state index in [1.807, 2.05) is 0 Å². The predicted octanol–water partition coefficient (Wildman–Crippen LogP) is 1.31. The van der Waals surface area contributed by atoms with Crippen LogP contribution < -0.4 is 5.73 Å². The number of ether oxygens (including phenoxy) is 2. The van der Waals surface area contributed by atoms with Gasteiger partial charge >= 0.3 is 0 Å². The summed E-state index contributed by atoms with van der Waals surface area (Å²) in [5.74, 6) is -0.248. The quantitative estimate of drug-likeness (QED) is 0.750. The van der Waals surface area contributed by atoms with Gasteiger partial charge in [0.25, 0.3) is 0 Å². The minimum atomic E-state index is -0.435. The van der Waals surface area contributed by atoms with Crippen molar-refractivity contribution in [3.8, 4) is 0 Å². The van der Waals surface area contributed by atoms with Gasteiger partial charge in [0.05, 0.1) is 6.04 Å². The van der Waals surface area contributed by atoms with Crippen molar-refractivity contribution >= 4 is 0 Å². The summed E-state index contributed by atoms with van der Waals surface area (Å²) in [7, 11) is 3.08. The molecule has 0 amide bonds. The lowest BCUT2D eigenvalue weighted by Crippen LogP contribution is -2.39. The average Bonchev–Trinajstić information content (AvgIpc) is 2.23. The Kier molecular flexibility index (Phi) is 4.68. The molecule has 1 rings (SSSR count). The molecule has 0 aliphatic carbocycles. The lowest BCUT2D eigenvalue weighted by Gasteiger charge is -2.20. The highest BCUT2D eigenvalue weighted by molar-refractivity contribution is 5.17. The molecule has 3 nitrogen and oxygen atoms in total. The SMILES string of the molecule is COC(OC)C(N)Cc1ccc(F)cc1. The Bertz CT molecular complexity index is 285.